The molecule has 6 nitrogen and oxygen atoms in total. The summed E-state index contributed by atoms with van der Waals surface area (Å²) < 4.78 is 5.92. The van der Waals surface area contributed by atoms with E-state index in [2.05, 4.69) is 10.3 Å². The lowest BCUT2D eigenvalue weighted by atomic mass is 10.1. The molecule has 29 heavy (non-hydrogen) atoms. The minimum Gasteiger partial charge on any atom is -0.485 e. The topological polar surface area (TPSA) is 83.5 Å². The van der Waals surface area contributed by atoms with Crippen LogP contribution in [-0.2, 0) is 6.61 Å². The van der Waals surface area contributed by atoms with Crippen LogP contribution < -0.4 is 15.5 Å². The Labute approximate surface area is 169 Å². The summed E-state index contributed by atoms with van der Waals surface area (Å²) in [6, 6.07) is 20.7. The van der Waals surface area contributed by atoms with Crippen molar-refractivity contribution in [2.24, 2.45) is 0 Å². The number of hydrogen-bond acceptors (Lipinski definition) is 5. The molecule has 2 aromatic carbocycles. The third kappa shape index (κ3) is 5.92. The van der Waals surface area contributed by atoms with E-state index >= 15 is 0 Å². The van der Waals surface area contributed by atoms with Gasteiger partial charge < -0.3 is 10.1 Å². The second-order valence-electron chi connectivity index (χ2n) is 6.53. The SMILES string of the molecule is CC(=Cc1ccc(C(=O)NO)cc1)CNc1ncccc1OCc1ccccc1. The van der Waals surface area contributed by atoms with Gasteiger partial charge in [0.05, 0.1) is 0 Å². The third-order valence-corrected chi connectivity index (χ3v) is 4.23. The molecule has 0 saturated heterocycles. The van der Waals surface area contributed by atoms with Gasteiger partial charge in [0.2, 0.25) is 0 Å². The van der Waals surface area contributed by atoms with Crippen molar-refractivity contribution >= 4 is 17.8 Å². The maximum absolute atomic E-state index is 11.4. The van der Waals surface area contributed by atoms with Gasteiger partial charge in [-0.05, 0) is 42.3 Å². The molecule has 0 unspecified atom stereocenters. The number of pyridine rings is 1. The highest BCUT2D eigenvalue weighted by Crippen LogP contribution is 2.22. The molecule has 0 aliphatic rings. The molecular formula is C23H23N3O3. The lowest BCUT2D eigenvalue weighted by Gasteiger charge is -2.12. The zero-order valence-corrected chi connectivity index (χ0v) is 16.1. The number of carbonyl (C=O) groups excluding carboxylic acids is 1. The van der Waals surface area contributed by atoms with Gasteiger partial charge in [0, 0.05) is 18.3 Å². The number of nitrogens with zero attached hydrogens (tertiary/aromatic N) is 1. The number of hydroxylamine groups is 1. The van der Waals surface area contributed by atoms with Crippen LogP contribution in [0.15, 0.2) is 78.5 Å². The number of rotatable bonds is 8. The van der Waals surface area contributed by atoms with Crippen LogP contribution in [-0.4, -0.2) is 22.6 Å². The van der Waals surface area contributed by atoms with E-state index in [-0.39, 0.29) is 0 Å². The molecule has 1 heterocycles. The quantitative estimate of drug-likeness (QED) is 0.395. The van der Waals surface area contributed by atoms with Crippen LogP contribution in [0, 0.1) is 0 Å². The summed E-state index contributed by atoms with van der Waals surface area (Å²) in [5.41, 5.74) is 5.16. The summed E-state index contributed by atoms with van der Waals surface area (Å²) in [6.45, 7) is 3.08. The molecule has 148 valence electrons. The summed E-state index contributed by atoms with van der Waals surface area (Å²) in [7, 11) is 0. The van der Waals surface area contributed by atoms with Crippen molar-refractivity contribution in [1.82, 2.24) is 10.5 Å². The molecule has 1 amide bonds. The summed E-state index contributed by atoms with van der Waals surface area (Å²) >= 11 is 0. The highest BCUT2D eigenvalue weighted by molar-refractivity contribution is 5.93. The van der Waals surface area contributed by atoms with Crippen LogP contribution in [0.1, 0.15) is 28.4 Å². The van der Waals surface area contributed by atoms with Crippen molar-refractivity contribution in [3.63, 3.8) is 0 Å². The van der Waals surface area contributed by atoms with E-state index in [1.54, 1.807) is 23.8 Å². The Kier molecular flexibility index (Phi) is 6.97. The van der Waals surface area contributed by atoms with E-state index in [0.717, 1.165) is 16.7 Å². The maximum Gasteiger partial charge on any atom is 0.274 e. The summed E-state index contributed by atoms with van der Waals surface area (Å²) in [5, 5.41) is 12.0. The Bertz CT molecular complexity index is 970. The first-order valence-corrected chi connectivity index (χ1v) is 9.23. The fraction of sp³-hybridized carbons (Fsp3) is 0.130. The number of aromatic nitrogens is 1. The van der Waals surface area contributed by atoms with Crippen molar-refractivity contribution in [2.75, 3.05) is 11.9 Å². The molecule has 3 aromatic rings. The van der Waals surface area contributed by atoms with Crippen molar-refractivity contribution in [2.45, 2.75) is 13.5 Å². The zero-order valence-electron chi connectivity index (χ0n) is 16.1. The molecule has 0 fully saturated rings. The van der Waals surface area contributed by atoms with Gasteiger partial charge in [0.15, 0.2) is 11.6 Å². The predicted octanol–water partition coefficient (Wildman–Crippen LogP) is 4.30. The monoisotopic (exact) mass is 389 g/mol. The van der Waals surface area contributed by atoms with E-state index < -0.39 is 5.91 Å². The average molecular weight is 389 g/mol. The smallest absolute Gasteiger partial charge is 0.274 e. The molecule has 0 atom stereocenters. The third-order valence-electron chi connectivity index (χ3n) is 4.23. The molecule has 0 saturated carbocycles. The Morgan fingerprint density at radius 1 is 1.07 bits per heavy atom. The molecule has 0 aliphatic carbocycles. The first kappa shape index (κ1) is 20.1. The summed E-state index contributed by atoms with van der Waals surface area (Å²) in [6.07, 6.45) is 3.74. The fourth-order valence-corrected chi connectivity index (χ4v) is 2.73. The number of amides is 1. The Hall–Kier alpha value is -3.64. The number of hydrogen-bond donors (Lipinski definition) is 3. The van der Waals surface area contributed by atoms with Crippen LogP contribution in [0.2, 0.25) is 0 Å². The maximum atomic E-state index is 11.4. The highest BCUT2D eigenvalue weighted by atomic mass is 16.5. The van der Waals surface area contributed by atoms with Crippen LogP contribution in [0.4, 0.5) is 5.82 Å². The van der Waals surface area contributed by atoms with Gasteiger partial charge in [-0.3, -0.25) is 10.0 Å². The van der Waals surface area contributed by atoms with Gasteiger partial charge in [-0.15, -0.1) is 0 Å². The van der Waals surface area contributed by atoms with Crippen LogP contribution >= 0.6 is 0 Å². The Balaban J connectivity index is 1.60. The second kappa shape index (κ2) is 10.1. The minimum absolute atomic E-state index is 0.397. The van der Waals surface area contributed by atoms with Crippen LogP contribution in [0.3, 0.4) is 0 Å². The standard InChI is InChI=1S/C23H23N3O3/c1-17(14-18-9-11-20(12-10-18)23(27)26-28)15-25-22-21(8-5-13-24-22)29-16-19-6-3-2-4-7-19/h2-14,28H,15-16H2,1H3,(H,24,25)(H,26,27). The normalized spacial score (nSPS) is 11.0. The summed E-state index contributed by atoms with van der Waals surface area (Å²) in [4.78, 5) is 15.8. The lowest BCUT2D eigenvalue weighted by molar-refractivity contribution is 0.0706. The lowest BCUT2D eigenvalue weighted by Crippen LogP contribution is -2.18. The first-order valence-electron chi connectivity index (χ1n) is 9.23. The zero-order chi connectivity index (χ0) is 20.5. The predicted molar refractivity (Wildman–Crippen MR) is 113 cm³/mol. The molecule has 3 rings (SSSR count). The minimum atomic E-state index is -0.530. The Morgan fingerprint density at radius 3 is 2.55 bits per heavy atom. The Morgan fingerprint density at radius 2 is 1.83 bits per heavy atom. The molecule has 3 N–H and O–H groups in total. The van der Waals surface area contributed by atoms with Gasteiger partial charge >= 0.3 is 0 Å². The van der Waals surface area contributed by atoms with Gasteiger partial charge in [-0.1, -0.05) is 54.1 Å². The van der Waals surface area contributed by atoms with Crippen LogP contribution in [0.25, 0.3) is 6.08 Å². The molecule has 0 bridgehead atoms. The number of ether oxygens (including phenoxy) is 1. The first-order chi connectivity index (χ1) is 14.2. The van der Waals surface area contributed by atoms with Gasteiger partial charge in [0.1, 0.15) is 6.61 Å². The van der Waals surface area contributed by atoms with E-state index in [9.17, 15) is 4.79 Å². The fourth-order valence-electron chi connectivity index (χ4n) is 2.73. The van der Waals surface area contributed by atoms with E-state index in [1.807, 2.05) is 67.6 Å². The van der Waals surface area contributed by atoms with Gasteiger partial charge in [0.25, 0.3) is 5.91 Å². The van der Waals surface area contributed by atoms with Gasteiger partial charge in [-0.2, -0.15) is 0 Å². The molecule has 1 aromatic heterocycles. The van der Waals surface area contributed by atoms with Crippen molar-refractivity contribution in [3.8, 4) is 5.75 Å². The second-order valence-corrected chi connectivity index (χ2v) is 6.53. The number of carbonyl (C=O) groups is 1. The van der Waals surface area contributed by atoms with Crippen molar-refractivity contribution in [1.29, 1.82) is 0 Å². The molecule has 6 heteroatoms. The van der Waals surface area contributed by atoms with Crippen LogP contribution in [0.5, 0.6) is 5.75 Å². The van der Waals surface area contributed by atoms with E-state index in [1.165, 1.54) is 0 Å². The van der Waals surface area contributed by atoms with E-state index in [0.29, 0.717) is 30.3 Å². The molecule has 0 aliphatic heterocycles. The average Bonchev–Trinajstić information content (AvgIpc) is 2.77. The largest absolute Gasteiger partial charge is 0.485 e. The number of nitrogens with one attached hydrogen (secondary N) is 2. The van der Waals surface area contributed by atoms with Crippen molar-refractivity contribution < 1.29 is 14.7 Å². The van der Waals surface area contributed by atoms with E-state index in [4.69, 9.17) is 9.94 Å². The number of benzene rings is 2. The number of anilines is 1. The highest BCUT2D eigenvalue weighted by Gasteiger charge is 2.06. The van der Waals surface area contributed by atoms with Crippen molar-refractivity contribution in [3.05, 3.63) is 95.2 Å². The molecule has 0 spiro atoms. The summed E-state index contributed by atoms with van der Waals surface area (Å²) in [5.74, 6) is 0.853. The molecular weight excluding hydrogens is 366 g/mol. The van der Waals surface area contributed by atoms with Gasteiger partial charge in [-0.25, -0.2) is 10.5 Å². The molecule has 0 radical (unpaired) electrons.